The molecule has 106 valence electrons. The lowest BCUT2D eigenvalue weighted by Gasteiger charge is -2.08. The molecular formula is C19H21N2+. The minimum absolute atomic E-state index is 1.23. The van der Waals surface area contributed by atoms with Gasteiger partial charge in [-0.3, -0.25) is 0 Å². The number of rotatable bonds is 2. The highest BCUT2D eigenvalue weighted by Crippen LogP contribution is 2.23. The molecule has 0 saturated carbocycles. The van der Waals surface area contributed by atoms with Crippen molar-refractivity contribution < 1.29 is 4.57 Å². The number of hydrogen-bond donors (Lipinski definition) is 0. The molecule has 0 bridgehead atoms. The Morgan fingerprint density at radius 1 is 0.810 bits per heavy atom. The van der Waals surface area contributed by atoms with Gasteiger partial charge < -0.3 is 4.57 Å². The van der Waals surface area contributed by atoms with Crippen molar-refractivity contribution in [1.82, 2.24) is 4.57 Å². The highest BCUT2D eigenvalue weighted by molar-refractivity contribution is 5.63. The normalized spacial score (nSPS) is 10.9. The molecular weight excluding hydrogens is 256 g/mol. The third-order valence-corrected chi connectivity index (χ3v) is 4.29. The van der Waals surface area contributed by atoms with Gasteiger partial charge >= 0.3 is 0 Å². The van der Waals surface area contributed by atoms with Crippen LogP contribution in [0.4, 0.5) is 0 Å². The predicted octanol–water partition coefficient (Wildman–Crippen LogP) is 3.80. The van der Waals surface area contributed by atoms with E-state index in [9.17, 15) is 0 Å². The van der Waals surface area contributed by atoms with Crippen LogP contribution in [-0.2, 0) is 14.1 Å². The van der Waals surface area contributed by atoms with E-state index in [2.05, 4.69) is 91.7 Å². The van der Waals surface area contributed by atoms with Gasteiger partial charge in [-0.15, -0.1) is 0 Å². The van der Waals surface area contributed by atoms with E-state index in [4.69, 9.17) is 0 Å². The molecule has 3 aromatic rings. The summed E-state index contributed by atoms with van der Waals surface area (Å²) in [4.78, 5) is 0. The summed E-state index contributed by atoms with van der Waals surface area (Å²) < 4.78 is 4.51. The van der Waals surface area contributed by atoms with E-state index in [1.54, 1.807) is 0 Å². The van der Waals surface area contributed by atoms with E-state index >= 15 is 0 Å². The Bertz CT molecular complexity index is 797. The molecule has 0 aliphatic carbocycles. The summed E-state index contributed by atoms with van der Waals surface area (Å²) in [6.07, 6.45) is 0. The molecule has 0 aliphatic heterocycles. The lowest BCUT2D eigenvalue weighted by molar-refractivity contribution is -0.649. The van der Waals surface area contributed by atoms with Gasteiger partial charge in [0.2, 0.25) is 11.4 Å². The molecule has 2 aromatic heterocycles. The molecule has 0 atom stereocenters. The van der Waals surface area contributed by atoms with E-state index in [1.807, 2.05) is 0 Å². The highest BCUT2D eigenvalue weighted by Gasteiger charge is 2.19. The van der Waals surface area contributed by atoms with Crippen LogP contribution < -0.4 is 4.57 Å². The first-order chi connectivity index (χ1) is 10.1. The van der Waals surface area contributed by atoms with E-state index in [-0.39, 0.29) is 0 Å². The zero-order valence-electron chi connectivity index (χ0n) is 13.1. The van der Waals surface area contributed by atoms with Crippen molar-refractivity contribution in [3.8, 4) is 22.6 Å². The fourth-order valence-electron chi connectivity index (χ4n) is 2.84. The van der Waals surface area contributed by atoms with Crippen LogP contribution >= 0.6 is 0 Å². The second-order valence-corrected chi connectivity index (χ2v) is 5.59. The molecule has 0 saturated heterocycles. The number of aryl methyl sites for hydroxylation is 2. The van der Waals surface area contributed by atoms with Gasteiger partial charge in [0.1, 0.15) is 12.7 Å². The third kappa shape index (κ3) is 2.27. The van der Waals surface area contributed by atoms with Gasteiger partial charge in [0.15, 0.2) is 0 Å². The lowest BCUT2D eigenvalue weighted by atomic mass is 10.0. The maximum Gasteiger partial charge on any atom is 0.229 e. The van der Waals surface area contributed by atoms with E-state index in [1.165, 1.54) is 33.9 Å². The number of nitrogens with zero attached hydrogens (tertiary/aromatic N) is 2. The van der Waals surface area contributed by atoms with Gasteiger partial charge in [-0.1, -0.05) is 18.2 Å². The Morgan fingerprint density at radius 2 is 1.52 bits per heavy atom. The maximum atomic E-state index is 2.27. The minimum Gasteiger partial charge on any atom is -0.343 e. The SMILES string of the molecule is Cc1ccccc1-c1cccc(-c2ccc(C)n2C)[n+]1C. The first kappa shape index (κ1) is 13.6. The van der Waals surface area contributed by atoms with E-state index in [0.717, 1.165) is 0 Å². The van der Waals surface area contributed by atoms with Gasteiger partial charge in [0, 0.05) is 30.4 Å². The molecule has 0 spiro atoms. The topological polar surface area (TPSA) is 8.81 Å². The van der Waals surface area contributed by atoms with Crippen LogP contribution in [0, 0.1) is 13.8 Å². The second kappa shape index (κ2) is 5.21. The second-order valence-electron chi connectivity index (χ2n) is 5.59. The molecule has 0 fully saturated rings. The Kier molecular flexibility index (Phi) is 3.38. The Morgan fingerprint density at radius 3 is 2.19 bits per heavy atom. The first-order valence-corrected chi connectivity index (χ1v) is 7.27. The van der Waals surface area contributed by atoms with Crippen LogP contribution in [0.5, 0.6) is 0 Å². The predicted molar refractivity (Wildman–Crippen MR) is 86.9 cm³/mol. The van der Waals surface area contributed by atoms with Crippen LogP contribution in [0.15, 0.2) is 54.6 Å². The summed E-state index contributed by atoms with van der Waals surface area (Å²) in [5.74, 6) is 0. The van der Waals surface area contributed by atoms with Crippen molar-refractivity contribution in [2.75, 3.05) is 0 Å². The van der Waals surface area contributed by atoms with E-state index < -0.39 is 0 Å². The number of pyridine rings is 1. The Balaban J connectivity index is 2.21. The van der Waals surface area contributed by atoms with Crippen molar-refractivity contribution >= 4 is 0 Å². The van der Waals surface area contributed by atoms with Crippen LogP contribution in [-0.4, -0.2) is 4.57 Å². The summed E-state index contributed by atoms with van der Waals surface area (Å²) >= 11 is 0. The third-order valence-electron chi connectivity index (χ3n) is 4.29. The van der Waals surface area contributed by atoms with Crippen molar-refractivity contribution in [2.45, 2.75) is 13.8 Å². The highest BCUT2D eigenvalue weighted by atomic mass is 15.0. The van der Waals surface area contributed by atoms with E-state index in [0.29, 0.717) is 0 Å². The molecule has 0 radical (unpaired) electrons. The fourth-order valence-corrected chi connectivity index (χ4v) is 2.84. The smallest absolute Gasteiger partial charge is 0.229 e. The molecule has 2 heteroatoms. The zero-order chi connectivity index (χ0) is 15.0. The van der Waals surface area contributed by atoms with Crippen LogP contribution in [0.2, 0.25) is 0 Å². The first-order valence-electron chi connectivity index (χ1n) is 7.27. The monoisotopic (exact) mass is 277 g/mol. The van der Waals surface area contributed by atoms with Crippen LogP contribution in [0.1, 0.15) is 11.3 Å². The molecule has 0 amide bonds. The van der Waals surface area contributed by atoms with Crippen molar-refractivity contribution in [1.29, 1.82) is 0 Å². The van der Waals surface area contributed by atoms with Gasteiger partial charge in [-0.05, 0) is 43.7 Å². The zero-order valence-corrected chi connectivity index (χ0v) is 13.1. The standard InChI is InChI=1S/C19H21N2/c1-14-8-5-6-9-16(14)17-10-7-11-18(21(17)4)19-13-12-15(2)20(19)3/h5-13H,1-4H3/q+1. The molecule has 0 unspecified atom stereocenters. The maximum absolute atomic E-state index is 2.27. The molecule has 3 rings (SSSR count). The minimum atomic E-state index is 1.23. The molecule has 1 aromatic carbocycles. The van der Waals surface area contributed by atoms with Crippen LogP contribution in [0.25, 0.3) is 22.6 Å². The van der Waals surface area contributed by atoms with Crippen molar-refractivity contribution in [3.63, 3.8) is 0 Å². The Labute approximate surface area is 126 Å². The Hall–Kier alpha value is -2.35. The average Bonchev–Trinajstić information content (AvgIpc) is 2.80. The molecule has 21 heavy (non-hydrogen) atoms. The molecule has 2 heterocycles. The summed E-state index contributed by atoms with van der Waals surface area (Å²) in [5, 5.41) is 0. The van der Waals surface area contributed by atoms with Gasteiger partial charge in [0.05, 0.1) is 0 Å². The number of hydrogen-bond acceptors (Lipinski definition) is 0. The molecule has 0 aliphatic rings. The quantitative estimate of drug-likeness (QED) is 0.630. The number of aromatic nitrogens is 2. The van der Waals surface area contributed by atoms with Gasteiger partial charge in [-0.2, -0.15) is 4.57 Å². The lowest BCUT2D eigenvalue weighted by Crippen LogP contribution is -2.34. The summed E-state index contributed by atoms with van der Waals surface area (Å²) in [7, 11) is 4.25. The van der Waals surface area contributed by atoms with Crippen LogP contribution in [0.3, 0.4) is 0 Å². The van der Waals surface area contributed by atoms with Crippen molar-refractivity contribution in [2.24, 2.45) is 14.1 Å². The molecule has 2 nitrogen and oxygen atoms in total. The summed E-state index contributed by atoms with van der Waals surface area (Å²) in [5.41, 5.74) is 7.56. The van der Waals surface area contributed by atoms with Crippen molar-refractivity contribution in [3.05, 3.63) is 65.9 Å². The van der Waals surface area contributed by atoms with Gasteiger partial charge in [-0.25, -0.2) is 0 Å². The summed E-state index contributed by atoms with van der Waals surface area (Å²) in [6, 6.07) is 19.4. The average molecular weight is 277 g/mol. The largest absolute Gasteiger partial charge is 0.343 e. The number of benzene rings is 1. The fraction of sp³-hybridized carbons (Fsp3) is 0.211. The van der Waals surface area contributed by atoms with Gasteiger partial charge in [0.25, 0.3) is 0 Å². The molecule has 0 N–H and O–H groups in total. The summed E-state index contributed by atoms with van der Waals surface area (Å²) in [6.45, 7) is 4.30.